The minimum absolute atomic E-state index is 0.414. The SMILES string of the molecule is Cc1cc(C#N)nc(N2CCCCC2CCN)n1. The summed E-state index contributed by atoms with van der Waals surface area (Å²) < 4.78 is 0. The maximum Gasteiger partial charge on any atom is 0.227 e. The van der Waals surface area contributed by atoms with Gasteiger partial charge >= 0.3 is 0 Å². The highest BCUT2D eigenvalue weighted by Crippen LogP contribution is 2.23. The van der Waals surface area contributed by atoms with E-state index >= 15 is 0 Å². The zero-order valence-electron chi connectivity index (χ0n) is 10.8. The lowest BCUT2D eigenvalue weighted by Crippen LogP contribution is -2.42. The van der Waals surface area contributed by atoms with Crippen molar-refractivity contribution in [2.24, 2.45) is 5.73 Å². The molecule has 0 aliphatic carbocycles. The Hall–Kier alpha value is -1.67. The summed E-state index contributed by atoms with van der Waals surface area (Å²) in [6.07, 6.45) is 4.48. The molecule has 18 heavy (non-hydrogen) atoms. The number of hydrogen-bond acceptors (Lipinski definition) is 5. The van der Waals surface area contributed by atoms with E-state index in [1.54, 1.807) is 6.07 Å². The molecule has 0 amide bonds. The van der Waals surface area contributed by atoms with Crippen molar-refractivity contribution in [1.29, 1.82) is 5.26 Å². The van der Waals surface area contributed by atoms with E-state index in [1.807, 2.05) is 6.92 Å². The third-order valence-corrected chi connectivity index (χ3v) is 3.34. The van der Waals surface area contributed by atoms with Gasteiger partial charge in [0.2, 0.25) is 5.95 Å². The van der Waals surface area contributed by atoms with Gasteiger partial charge in [-0.1, -0.05) is 0 Å². The molecule has 96 valence electrons. The zero-order valence-corrected chi connectivity index (χ0v) is 10.8. The standard InChI is InChI=1S/C13H19N5/c1-10-8-11(9-15)17-13(16-10)18-7-3-2-4-12(18)5-6-14/h8,12H,2-7,14H2,1H3. The summed E-state index contributed by atoms with van der Waals surface area (Å²) in [6.45, 7) is 3.53. The Morgan fingerprint density at radius 2 is 2.33 bits per heavy atom. The fourth-order valence-electron chi connectivity index (χ4n) is 2.49. The maximum atomic E-state index is 8.98. The molecule has 0 aromatic carbocycles. The summed E-state index contributed by atoms with van der Waals surface area (Å²) in [6, 6.07) is 4.22. The van der Waals surface area contributed by atoms with Gasteiger partial charge in [-0.2, -0.15) is 5.26 Å². The first kappa shape index (κ1) is 12.8. The van der Waals surface area contributed by atoms with Gasteiger partial charge in [-0.25, -0.2) is 9.97 Å². The van der Waals surface area contributed by atoms with Crippen LogP contribution in [0.25, 0.3) is 0 Å². The van der Waals surface area contributed by atoms with E-state index < -0.39 is 0 Å². The Morgan fingerprint density at radius 1 is 1.50 bits per heavy atom. The first-order valence-corrected chi connectivity index (χ1v) is 6.47. The average Bonchev–Trinajstić information content (AvgIpc) is 2.39. The fraction of sp³-hybridized carbons (Fsp3) is 0.615. The van der Waals surface area contributed by atoms with Crippen molar-refractivity contribution in [3.05, 3.63) is 17.5 Å². The summed E-state index contributed by atoms with van der Waals surface area (Å²) in [5.74, 6) is 0.685. The van der Waals surface area contributed by atoms with E-state index in [1.165, 1.54) is 6.42 Å². The molecular formula is C13H19N5. The number of rotatable bonds is 3. The first-order valence-electron chi connectivity index (χ1n) is 6.47. The van der Waals surface area contributed by atoms with Crippen molar-refractivity contribution in [1.82, 2.24) is 9.97 Å². The predicted octanol–water partition coefficient (Wildman–Crippen LogP) is 1.36. The molecule has 5 nitrogen and oxygen atoms in total. The van der Waals surface area contributed by atoms with E-state index in [0.29, 0.717) is 24.2 Å². The number of aromatic nitrogens is 2. The minimum Gasteiger partial charge on any atom is -0.338 e. The molecule has 1 aromatic rings. The molecule has 2 N–H and O–H groups in total. The summed E-state index contributed by atoms with van der Waals surface area (Å²) in [4.78, 5) is 11.0. The van der Waals surface area contributed by atoms with Crippen molar-refractivity contribution in [3.63, 3.8) is 0 Å². The van der Waals surface area contributed by atoms with E-state index in [9.17, 15) is 0 Å². The second-order valence-electron chi connectivity index (χ2n) is 4.73. The van der Waals surface area contributed by atoms with Gasteiger partial charge in [-0.15, -0.1) is 0 Å². The van der Waals surface area contributed by atoms with Crippen molar-refractivity contribution in [3.8, 4) is 6.07 Å². The lowest BCUT2D eigenvalue weighted by Gasteiger charge is -2.35. The van der Waals surface area contributed by atoms with Crippen LogP contribution in [0.15, 0.2) is 6.07 Å². The topological polar surface area (TPSA) is 78.8 Å². The summed E-state index contributed by atoms with van der Waals surface area (Å²) in [7, 11) is 0. The highest BCUT2D eigenvalue weighted by atomic mass is 15.3. The number of nitrogens with two attached hydrogens (primary N) is 1. The van der Waals surface area contributed by atoms with Crippen LogP contribution in [0.5, 0.6) is 0 Å². The van der Waals surface area contributed by atoms with Gasteiger partial charge in [0.25, 0.3) is 0 Å². The van der Waals surface area contributed by atoms with Crippen LogP contribution in [-0.2, 0) is 0 Å². The molecule has 0 bridgehead atoms. The van der Waals surface area contributed by atoms with E-state index in [0.717, 1.165) is 31.5 Å². The molecule has 0 saturated carbocycles. The largest absolute Gasteiger partial charge is 0.338 e. The minimum atomic E-state index is 0.414. The number of piperidine rings is 1. The highest BCUT2D eigenvalue weighted by Gasteiger charge is 2.24. The van der Waals surface area contributed by atoms with Crippen molar-refractivity contribution < 1.29 is 0 Å². The second kappa shape index (κ2) is 5.78. The highest BCUT2D eigenvalue weighted by molar-refractivity contribution is 5.37. The van der Waals surface area contributed by atoms with Gasteiger partial charge < -0.3 is 10.6 Å². The van der Waals surface area contributed by atoms with Crippen LogP contribution in [-0.4, -0.2) is 29.1 Å². The molecule has 0 radical (unpaired) electrons. The quantitative estimate of drug-likeness (QED) is 0.870. The number of anilines is 1. The molecule has 2 rings (SSSR count). The monoisotopic (exact) mass is 245 g/mol. The van der Waals surface area contributed by atoms with E-state index in [4.69, 9.17) is 11.0 Å². The van der Waals surface area contributed by atoms with Crippen LogP contribution >= 0.6 is 0 Å². The van der Waals surface area contributed by atoms with Gasteiger partial charge in [0, 0.05) is 18.3 Å². The predicted molar refractivity (Wildman–Crippen MR) is 70.1 cm³/mol. The molecule has 5 heteroatoms. The third-order valence-electron chi connectivity index (χ3n) is 3.34. The van der Waals surface area contributed by atoms with Gasteiger partial charge in [0.1, 0.15) is 11.8 Å². The number of aryl methyl sites for hydroxylation is 1. The van der Waals surface area contributed by atoms with Crippen LogP contribution < -0.4 is 10.6 Å². The van der Waals surface area contributed by atoms with Crippen LogP contribution in [0, 0.1) is 18.3 Å². The summed E-state index contributed by atoms with van der Waals surface area (Å²) in [5.41, 5.74) is 6.95. The molecule has 1 aliphatic rings. The lowest BCUT2D eigenvalue weighted by molar-refractivity contribution is 0.435. The van der Waals surface area contributed by atoms with Crippen LogP contribution in [0.4, 0.5) is 5.95 Å². The Bertz CT molecular complexity index is 449. The van der Waals surface area contributed by atoms with Gasteiger partial charge in [0.15, 0.2) is 0 Å². The van der Waals surface area contributed by atoms with Crippen molar-refractivity contribution in [2.45, 2.75) is 38.6 Å². The molecule has 0 spiro atoms. The van der Waals surface area contributed by atoms with E-state index in [2.05, 4.69) is 20.9 Å². The molecule has 1 aromatic heterocycles. The van der Waals surface area contributed by atoms with Crippen molar-refractivity contribution in [2.75, 3.05) is 18.0 Å². The molecule has 1 fully saturated rings. The Labute approximate surface area is 108 Å². The van der Waals surface area contributed by atoms with Crippen LogP contribution in [0.1, 0.15) is 37.1 Å². The van der Waals surface area contributed by atoms with Gasteiger partial charge in [0.05, 0.1) is 0 Å². The molecule has 1 atom stereocenters. The van der Waals surface area contributed by atoms with Crippen LogP contribution in [0.3, 0.4) is 0 Å². The van der Waals surface area contributed by atoms with Gasteiger partial charge in [-0.3, -0.25) is 0 Å². The molecule has 1 aliphatic heterocycles. The smallest absolute Gasteiger partial charge is 0.227 e. The molecule has 1 saturated heterocycles. The second-order valence-corrected chi connectivity index (χ2v) is 4.73. The van der Waals surface area contributed by atoms with Gasteiger partial charge in [-0.05, 0) is 45.2 Å². The van der Waals surface area contributed by atoms with Crippen LogP contribution in [0.2, 0.25) is 0 Å². The first-order chi connectivity index (χ1) is 8.74. The molecule has 1 unspecified atom stereocenters. The number of hydrogen-bond donors (Lipinski definition) is 1. The number of nitriles is 1. The molecule has 2 heterocycles. The summed E-state index contributed by atoms with van der Waals surface area (Å²) in [5, 5.41) is 8.98. The lowest BCUT2D eigenvalue weighted by atomic mass is 10.00. The Morgan fingerprint density at radius 3 is 3.06 bits per heavy atom. The van der Waals surface area contributed by atoms with Crippen molar-refractivity contribution >= 4 is 5.95 Å². The maximum absolute atomic E-state index is 8.98. The van der Waals surface area contributed by atoms with E-state index in [-0.39, 0.29) is 0 Å². The molecular weight excluding hydrogens is 226 g/mol. The number of nitrogens with zero attached hydrogens (tertiary/aromatic N) is 4. The fourth-order valence-corrected chi connectivity index (χ4v) is 2.49. The zero-order chi connectivity index (χ0) is 13.0. The Kier molecular flexibility index (Phi) is 4.11. The average molecular weight is 245 g/mol. The normalized spacial score (nSPS) is 19.6. The summed E-state index contributed by atoms with van der Waals surface area (Å²) >= 11 is 0. The Balaban J connectivity index is 2.27. The third kappa shape index (κ3) is 2.77.